The molecule has 0 atom stereocenters. The normalized spacial score (nSPS) is 17.1. The number of terminal acetylenes is 1. The van der Waals surface area contributed by atoms with Crippen molar-refractivity contribution in [2.45, 2.75) is 0 Å². The van der Waals surface area contributed by atoms with Gasteiger partial charge in [0.2, 0.25) is 0 Å². The number of hydrogen-bond acceptors (Lipinski definition) is 2. The Bertz CT molecular complexity index is 372. The predicted molar refractivity (Wildman–Crippen MR) is 68.9 cm³/mol. The first-order chi connectivity index (χ1) is 7.79. The third-order valence-electron chi connectivity index (χ3n) is 2.88. The molecule has 3 heteroatoms. The number of halogens is 1. The molecule has 1 heterocycles. The highest BCUT2D eigenvalue weighted by Gasteiger charge is 2.15. The minimum absolute atomic E-state index is 0.758. The number of hydrogen-bond donors (Lipinski definition) is 0. The van der Waals surface area contributed by atoms with Crippen molar-refractivity contribution in [1.29, 1.82) is 0 Å². The zero-order chi connectivity index (χ0) is 11.4. The van der Waals surface area contributed by atoms with Crippen LogP contribution in [0.15, 0.2) is 24.3 Å². The lowest BCUT2D eigenvalue weighted by atomic mass is 10.2. The highest BCUT2D eigenvalue weighted by atomic mass is 35.5. The van der Waals surface area contributed by atoms with Gasteiger partial charge in [-0.05, 0) is 24.3 Å². The van der Waals surface area contributed by atoms with Gasteiger partial charge in [0.05, 0.1) is 6.54 Å². The Balaban J connectivity index is 1.94. The van der Waals surface area contributed by atoms with Gasteiger partial charge in [-0.15, -0.1) is 6.42 Å². The topological polar surface area (TPSA) is 6.48 Å². The van der Waals surface area contributed by atoms with Crippen LogP contribution in [-0.2, 0) is 0 Å². The SMILES string of the molecule is C#CCN1CCN(c2ccc(Cl)cc2)CC1. The van der Waals surface area contributed by atoms with Crippen LogP contribution in [0.25, 0.3) is 0 Å². The number of benzene rings is 1. The van der Waals surface area contributed by atoms with Crippen LogP contribution in [-0.4, -0.2) is 37.6 Å². The van der Waals surface area contributed by atoms with Crippen LogP contribution in [0.1, 0.15) is 0 Å². The van der Waals surface area contributed by atoms with Crippen molar-refractivity contribution in [3.63, 3.8) is 0 Å². The first-order valence-corrected chi connectivity index (χ1v) is 5.84. The summed E-state index contributed by atoms with van der Waals surface area (Å²) >= 11 is 5.87. The highest BCUT2D eigenvalue weighted by Crippen LogP contribution is 2.19. The molecule has 0 radical (unpaired) electrons. The lowest BCUT2D eigenvalue weighted by Crippen LogP contribution is -2.46. The van der Waals surface area contributed by atoms with E-state index in [0.717, 1.165) is 37.7 Å². The molecule has 1 aliphatic heterocycles. The third kappa shape index (κ3) is 2.69. The summed E-state index contributed by atoms with van der Waals surface area (Å²) in [6.07, 6.45) is 5.30. The van der Waals surface area contributed by atoms with Crippen molar-refractivity contribution in [1.82, 2.24) is 4.90 Å². The van der Waals surface area contributed by atoms with Crippen molar-refractivity contribution in [3.8, 4) is 12.3 Å². The molecule has 0 saturated carbocycles. The molecule has 2 nitrogen and oxygen atoms in total. The average Bonchev–Trinajstić information content (AvgIpc) is 2.32. The zero-order valence-corrected chi connectivity index (χ0v) is 9.95. The quantitative estimate of drug-likeness (QED) is 0.724. The van der Waals surface area contributed by atoms with Crippen molar-refractivity contribution >= 4 is 17.3 Å². The molecule has 0 amide bonds. The summed E-state index contributed by atoms with van der Waals surface area (Å²) in [5, 5.41) is 0.787. The molecule has 0 aromatic heterocycles. The van der Waals surface area contributed by atoms with Gasteiger partial charge in [-0.1, -0.05) is 17.5 Å². The lowest BCUT2D eigenvalue weighted by Gasteiger charge is -2.35. The lowest BCUT2D eigenvalue weighted by molar-refractivity contribution is 0.288. The Kier molecular flexibility index (Phi) is 3.71. The Hall–Kier alpha value is -1.17. The van der Waals surface area contributed by atoms with Crippen molar-refractivity contribution < 1.29 is 0 Å². The van der Waals surface area contributed by atoms with Gasteiger partial charge in [0, 0.05) is 36.9 Å². The van der Waals surface area contributed by atoms with Gasteiger partial charge in [0.15, 0.2) is 0 Å². The smallest absolute Gasteiger partial charge is 0.0600 e. The summed E-state index contributed by atoms with van der Waals surface area (Å²) in [4.78, 5) is 4.66. The van der Waals surface area contributed by atoms with Crippen molar-refractivity contribution in [2.75, 3.05) is 37.6 Å². The number of anilines is 1. The Morgan fingerprint density at radius 3 is 2.31 bits per heavy atom. The van der Waals surface area contributed by atoms with E-state index in [4.69, 9.17) is 18.0 Å². The highest BCUT2D eigenvalue weighted by molar-refractivity contribution is 6.30. The van der Waals surface area contributed by atoms with E-state index in [1.807, 2.05) is 12.1 Å². The summed E-state index contributed by atoms with van der Waals surface area (Å²) in [5.41, 5.74) is 1.24. The maximum atomic E-state index is 5.87. The van der Waals surface area contributed by atoms with E-state index < -0.39 is 0 Å². The fourth-order valence-electron chi connectivity index (χ4n) is 1.95. The fraction of sp³-hybridized carbons (Fsp3) is 0.385. The Morgan fingerprint density at radius 1 is 1.12 bits per heavy atom. The molecule has 1 saturated heterocycles. The molecule has 16 heavy (non-hydrogen) atoms. The second kappa shape index (κ2) is 5.25. The van der Waals surface area contributed by atoms with E-state index in [0.29, 0.717) is 0 Å². The molecular weight excluding hydrogens is 220 g/mol. The molecule has 0 aliphatic carbocycles. The minimum atomic E-state index is 0.758. The zero-order valence-electron chi connectivity index (χ0n) is 9.19. The molecule has 0 unspecified atom stereocenters. The molecule has 1 fully saturated rings. The van der Waals surface area contributed by atoms with Crippen molar-refractivity contribution in [3.05, 3.63) is 29.3 Å². The van der Waals surface area contributed by atoms with E-state index in [9.17, 15) is 0 Å². The van der Waals surface area contributed by atoms with E-state index in [2.05, 4.69) is 27.9 Å². The van der Waals surface area contributed by atoms with Gasteiger partial charge in [-0.2, -0.15) is 0 Å². The van der Waals surface area contributed by atoms with Crippen LogP contribution >= 0.6 is 11.6 Å². The number of piperazine rings is 1. The average molecular weight is 235 g/mol. The molecule has 1 aliphatic rings. The van der Waals surface area contributed by atoms with Gasteiger partial charge in [-0.3, -0.25) is 4.90 Å². The molecule has 0 bridgehead atoms. The molecule has 0 N–H and O–H groups in total. The summed E-state index contributed by atoms with van der Waals surface area (Å²) in [6, 6.07) is 8.01. The van der Waals surface area contributed by atoms with Crippen LogP contribution in [0, 0.1) is 12.3 Å². The summed E-state index contributed by atoms with van der Waals surface area (Å²) < 4.78 is 0. The third-order valence-corrected chi connectivity index (χ3v) is 3.13. The fourth-order valence-corrected chi connectivity index (χ4v) is 2.07. The van der Waals surface area contributed by atoms with E-state index in [-0.39, 0.29) is 0 Å². The second-order valence-corrected chi connectivity index (χ2v) is 4.38. The largest absolute Gasteiger partial charge is 0.369 e. The van der Waals surface area contributed by atoms with Crippen LogP contribution in [0.4, 0.5) is 5.69 Å². The van der Waals surface area contributed by atoms with Gasteiger partial charge < -0.3 is 4.90 Å². The van der Waals surface area contributed by atoms with Gasteiger partial charge in [0.25, 0.3) is 0 Å². The van der Waals surface area contributed by atoms with Crippen LogP contribution in [0.5, 0.6) is 0 Å². The maximum absolute atomic E-state index is 5.87. The molecule has 84 valence electrons. The minimum Gasteiger partial charge on any atom is -0.369 e. The number of rotatable bonds is 2. The Labute approximate surface area is 102 Å². The molecule has 2 rings (SSSR count). The maximum Gasteiger partial charge on any atom is 0.0600 e. The van der Waals surface area contributed by atoms with Crippen LogP contribution in [0.2, 0.25) is 5.02 Å². The first kappa shape index (κ1) is 11.3. The molecule has 1 aromatic carbocycles. The van der Waals surface area contributed by atoms with Crippen LogP contribution < -0.4 is 4.90 Å². The van der Waals surface area contributed by atoms with Crippen molar-refractivity contribution in [2.24, 2.45) is 0 Å². The van der Waals surface area contributed by atoms with Crippen LogP contribution in [0.3, 0.4) is 0 Å². The van der Waals surface area contributed by atoms with E-state index >= 15 is 0 Å². The first-order valence-electron chi connectivity index (χ1n) is 5.46. The van der Waals surface area contributed by atoms with Gasteiger partial charge in [0.1, 0.15) is 0 Å². The standard InChI is InChI=1S/C13H15ClN2/c1-2-7-15-8-10-16(11-9-15)13-5-3-12(14)4-6-13/h1,3-6H,7-11H2. The summed E-state index contributed by atoms with van der Waals surface area (Å²) in [7, 11) is 0. The number of nitrogens with zero attached hydrogens (tertiary/aromatic N) is 2. The summed E-state index contributed by atoms with van der Waals surface area (Å²) in [5.74, 6) is 2.69. The van der Waals surface area contributed by atoms with Gasteiger partial charge in [-0.25, -0.2) is 0 Å². The van der Waals surface area contributed by atoms with E-state index in [1.54, 1.807) is 0 Å². The molecule has 1 aromatic rings. The monoisotopic (exact) mass is 234 g/mol. The second-order valence-electron chi connectivity index (χ2n) is 3.94. The molecule has 0 spiro atoms. The van der Waals surface area contributed by atoms with E-state index in [1.165, 1.54) is 5.69 Å². The molecular formula is C13H15ClN2. The summed E-state index contributed by atoms with van der Waals surface area (Å²) in [6.45, 7) is 4.89. The Morgan fingerprint density at radius 2 is 1.75 bits per heavy atom. The van der Waals surface area contributed by atoms with Gasteiger partial charge >= 0.3 is 0 Å². The predicted octanol–water partition coefficient (Wildman–Crippen LogP) is 2.10.